The van der Waals surface area contributed by atoms with Gasteiger partial charge < -0.3 is 50.5 Å². The number of phenolic OH excluding ortho intramolecular Hbond substituents is 3. The van der Waals surface area contributed by atoms with Gasteiger partial charge in [-0.25, -0.2) is 5.90 Å². The minimum Gasteiger partial charge on any atom is -0.508 e. The topological polar surface area (TPSA) is 292 Å². The molecule has 0 spiro atoms. The average molecular weight is 899 g/mol. The number of nitrogens with zero attached hydrogens (tertiary/aromatic N) is 5. The fraction of sp³-hybridized carbons (Fsp3) is 0.159. The SMILES string of the molecule is N#Cc1ccc(O)cc1.N=C(CO)c1ccc(O)cc1.NO.O=C(O)C1CC(=O)N(c2ccc(Cl)cc2)C1.O=C1CC(c2nc(-c3ccc(O)cc3)no2)CN1c1ccc(Cl)cc1. The Morgan fingerprint density at radius 2 is 1.21 bits per heavy atom. The molecule has 2 unspecified atom stereocenters. The van der Waals surface area contributed by atoms with E-state index in [1.54, 1.807) is 89.8 Å². The van der Waals surface area contributed by atoms with Crippen molar-refractivity contribution < 1.29 is 49.6 Å². The van der Waals surface area contributed by atoms with Crippen molar-refractivity contribution in [3.05, 3.63) is 148 Å². The number of carboxylic acids is 1. The molecule has 63 heavy (non-hydrogen) atoms. The number of hydrogen-bond donors (Lipinski definition) is 8. The molecule has 2 saturated heterocycles. The third-order valence-corrected chi connectivity index (χ3v) is 9.67. The van der Waals surface area contributed by atoms with E-state index in [2.05, 4.69) is 16.0 Å². The van der Waals surface area contributed by atoms with Crippen molar-refractivity contribution >= 4 is 58.1 Å². The first-order valence-electron chi connectivity index (χ1n) is 18.6. The lowest BCUT2D eigenvalue weighted by atomic mass is 10.1. The van der Waals surface area contributed by atoms with Crippen LogP contribution in [0.2, 0.25) is 10.0 Å². The molecule has 8 rings (SSSR count). The lowest BCUT2D eigenvalue weighted by Gasteiger charge is -2.15. The van der Waals surface area contributed by atoms with Gasteiger partial charge in [-0.05, 0) is 127 Å². The Bertz CT molecular complexity index is 2480. The number of aliphatic hydroxyl groups is 1. The predicted molar refractivity (Wildman–Crippen MR) is 233 cm³/mol. The van der Waals surface area contributed by atoms with Gasteiger partial charge in [0.1, 0.15) is 17.2 Å². The summed E-state index contributed by atoms with van der Waals surface area (Å²) in [7, 11) is 0. The summed E-state index contributed by atoms with van der Waals surface area (Å²) >= 11 is 11.6. The number of aliphatic carboxylic acids is 1. The number of phenols is 3. The zero-order chi connectivity index (χ0) is 46.1. The van der Waals surface area contributed by atoms with E-state index < -0.39 is 11.9 Å². The number of nitrogens with one attached hydrogen (secondary N) is 1. The summed E-state index contributed by atoms with van der Waals surface area (Å²) in [5, 5.41) is 71.6. The Morgan fingerprint density at radius 3 is 1.67 bits per heavy atom. The van der Waals surface area contributed by atoms with E-state index in [1.165, 1.54) is 29.2 Å². The molecule has 17 nitrogen and oxygen atoms in total. The number of nitriles is 1. The number of carbonyl (C=O) groups is 3. The number of benzene rings is 5. The van der Waals surface area contributed by atoms with Gasteiger partial charge in [0.15, 0.2) is 0 Å². The van der Waals surface area contributed by atoms with E-state index in [-0.39, 0.29) is 60.3 Å². The first kappa shape index (κ1) is 48.3. The van der Waals surface area contributed by atoms with Crippen LogP contribution in [0.3, 0.4) is 0 Å². The molecule has 2 aliphatic rings. The highest BCUT2D eigenvalue weighted by atomic mass is 35.5. The maximum atomic E-state index is 12.3. The Balaban J connectivity index is 0.000000197. The van der Waals surface area contributed by atoms with Gasteiger partial charge in [-0.3, -0.25) is 14.4 Å². The van der Waals surface area contributed by atoms with Crippen molar-refractivity contribution in [2.45, 2.75) is 18.8 Å². The second-order valence-electron chi connectivity index (χ2n) is 13.4. The van der Waals surface area contributed by atoms with Crippen LogP contribution in [0.5, 0.6) is 17.2 Å². The molecule has 0 radical (unpaired) electrons. The van der Waals surface area contributed by atoms with Gasteiger partial charge in [0.05, 0.1) is 35.8 Å². The lowest BCUT2D eigenvalue weighted by Crippen LogP contribution is -2.25. The molecule has 19 heteroatoms. The minimum atomic E-state index is -0.926. The van der Waals surface area contributed by atoms with Crippen molar-refractivity contribution in [2.75, 3.05) is 29.5 Å². The summed E-state index contributed by atoms with van der Waals surface area (Å²) < 4.78 is 5.36. The molecule has 2 aliphatic heterocycles. The number of hydrogen-bond acceptors (Lipinski definition) is 14. The number of aromatic nitrogens is 2. The maximum absolute atomic E-state index is 12.3. The van der Waals surface area contributed by atoms with Crippen LogP contribution < -0.4 is 15.7 Å². The highest BCUT2D eigenvalue weighted by Gasteiger charge is 2.36. The van der Waals surface area contributed by atoms with Gasteiger partial charge in [-0.1, -0.05) is 28.4 Å². The van der Waals surface area contributed by atoms with Crippen LogP contribution in [0.25, 0.3) is 11.4 Å². The van der Waals surface area contributed by atoms with E-state index in [0.717, 1.165) is 11.3 Å². The molecule has 2 atom stereocenters. The van der Waals surface area contributed by atoms with E-state index in [0.29, 0.717) is 51.5 Å². The normalized spacial score (nSPS) is 14.9. The first-order valence-corrected chi connectivity index (χ1v) is 19.4. The van der Waals surface area contributed by atoms with E-state index in [9.17, 15) is 19.5 Å². The van der Waals surface area contributed by atoms with E-state index in [1.807, 2.05) is 18.2 Å². The average Bonchev–Trinajstić information content (AvgIpc) is 4.05. The molecular weight excluding hydrogens is 857 g/mol. The minimum absolute atomic E-state index is 0.0108. The standard InChI is InChI=1S/C18H14ClN3O3.C11H10ClNO3.C8H9NO2.C7H5NO.H3NO/c19-13-3-5-14(6-4-13)22-10-12(9-16(22)24)18-20-17(21-25-18)11-1-7-15(23)8-2-11;12-8-1-3-9(4-2-8)13-6-7(11(15)16)5-10(13)14;9-8(5-10)6-1-3-7(11)4-2-6;8-5-6-1-3-7(9)4-2-6;1-2/h1-8,12,23H,9-10H2;1-4,7H,5-6H2,(H,15,16);1-4,9-11H,5H2;1-4,9H;2H,1H2. The highest BCUT2D eigenvalue weighted by Crippen LogP contribution is 2.33. The summed E-state index contributed by atoms with van der Waals surface area (Å²) in [5.41, 5.74) is 3.59. The Morgan fingerprint density at radius 1 is 0.746 bits per heavy atom. The first-order chi connectivity index (χ1) is 30.2. The maximum Gasteiger partial charge on any atom is 0.308 e. The number of carboxylic acid groups (broad SMARTS) is 1. The Hall–Kier alpha value is -7.33. The number of nitrogens with two attached hydrogens (primary N) is 1. The number of aliphatic hydroxyl groups excluding tert-OH is 1. The van der Waals surface area contributed by atoms with Gasteiger partial charge in [0.2, 0.25) is 23.5 Å². The molecule has 9 N–H and O–H groups in total. The van der Waals surface area contributed by atoms with Crippen LogP contribution in [0.1, 0.15) is 35.8 Å². The van der Waals surface area contributed by atoms with Gasteiger partial charge in [-0.2, -0.15) is 10.2 Å². The summed E-state index contributed by atoms with van der Waals surface area (Å²) in [6.45, 7) is 0.443. The van der Waals surface area contributed by atoms with Gasteiger partial charge in [-0.15, -0.1) is 0 Å². The van der Waals surface area contributed by atoms with Gasteiger partial charge in [0, 0.05) is 52.9 Å². The number of rotatable bonds is 7. The molecule has 2 amide bonds. The van der Waals surface area contributed by atoms with Crippen LogP contribution in [0.15, 0.2) is 126 Å². The van der Waals surface area contributed by atoms with Crippen LogP contribution in [-0.2, 0) is 14.4 Å². The van der Waals surface area contributed by atoms with Crippen LogP contribution >= 0.6 is 23.2 Å². The fourth-order valence-corrected chi connectivity index (χ4v) is 6.16. The molecule has 3 heterocycles. The third-order valence-electron chi connectivity index (χ3n) is 9.16. The number of carbonyl (C=O) groups excluding carboxylic acids is 2. The number of anilines is 2. The monoisotopic (exact) mass is 897 g/mol. The molecule has 0 aliphatic carbocycles. The van der Waals surface area contributed by atoms with Crippen molar-refractivity contribution in [1.82, 2.24) is 10.1 Å². The largest absolute Gasteiger partial charge is 0.508 e. The summed E-state index contributed by atoms with van der Waals surface area (Å²) in [6, 6.07) is 34.7. The van der Waals surface area contributed by atoms with E-state index >= 15 is 0 Å². The van der Waals surface area contributed by atoms with Crippen LogP contribution in [0.4, 0.5) is 11.4 Å². The second kappa shape index (κ2) is 23.6. The summed E-state index contributed by atoms with van der Waals surface area (Å²) in [6.07, 6.45) is 0.387. The van der Waals surface area contributed by atoms with Crippen molar-refractivity contribution in [1.29, 1.82) is 10.7 Å². The predicted octanol–water partition coefficient (Wildman–Crippen LogP) is 6.74. The smallest absolute Gasteiger partial charge is 0.308 e. The van der Waals surface area contributed by atoms with Crippen molar-refractivity contribution in [2.24, 2.45) is 11.8 Å². The summed E-state index contributed by atoms with van der Waals surface area (Å²) in [5.74, 6) is 3.07. The molecule has 326 valence electrons. The molecule has 0 bridgehead atoms. The van der Waals surface area contributed by atoms with E-state index in [4.69, 9.17) is 64.0 Å². The molecule has 2 fully saturated rings. The van der Waals surface area contributed by atoms with Gasteiger partial charge in [0.25, 0.3) is 0 Å². The van der Waals surface area contributed by atoms with Crippen molar-refractivity contribution in [3.8, 4) is 34.7 Å². The molecule has 0 saturated carbocycles. The zero-order valence-corrected chi connectivity index (χ0v) is 34.6. The Labute approximate surface area is 370 Å². The van der Waals surface area contributed by atoms with Crippen LogP contribution in [0, 0.1) is 22.7 Å². The Kier molecular flexibility index (Phi) is 18.1. The van der Waals surface area contributed by atoms with Crippen LogP contribution in [-0.4, -0.2) is 84.1 Å². The third kappa shape index (κ3) is 14.1. The summed E-state index contributed by atoms with van der Waals surface area (Å²) in [4.78, 5) is 42.3. The fourth-order valence-electron chi connectivity index (χ4n) is 5.91. The molecule has 6 aromatic rings. The number of amides is 2. The van der Waals surface area contributed by atoms with Crippen molar-refractivity contribution in [3.63, 3.8) is 0 Å². The molecule has 5 aromatic carbocycles. The molecule has 1 aromatic heterocycles. The number of aromatic hydroxyl groups is 3. The quantitative estimate of drug-likeness (QED) is 0.0608. The lowest BCUT2D eigenvalue weighted by molar-refractivity contribution is -0.141. The molecular formula is C44H41Cl2N7O10. The van der Waals surface area contributed by atoms with Gasteiger partial charge >= 0.3 is 5.97 Å². The second-order valence-corrected chi connectivity index (χ2v) is 14.3. The zero-order valence-electron chi connectivity index (χ0n) is 33.1. The number of halogens is 2. The highest BCUT2D eigenvalue weighted by molar-refractivity contribution is 6.31.